The van der Waals surface area contributed by atoms with E-state index in [0.29, 0.717) is 12.0 Å². The number of carbonyl (C=O) groups is 6. The highest BCUT2D eigenvalue weighted by Crippen LogP contribution is 2.71. The smallest absolute Gasteiger partial charge is 0.376 e. The Morgan fingerprint density at radius 2 is 1.58 bits per heavy atom. The molecule has 1 N–H and O–H groups in total. The monoisotopic (exact) mass is 534 g/mol. The Bertz CT molecular complexity index is 1200. The van der Waals surface area contributed by atoms with Crippen LogP contribution < -0.4 is 0 Å². The van der Waals surface area contributed by atoms with Crippen molar-refractivity contribution in [2.75, 3.05) is 0 Å². The number of halogens is 1. The summed E-state index contributed by atoms with van der Waals surface area (Å²) in [5.41, 5.74) is -7.18. The number of hydrogen-bond acceptors (Lipinski definition) is 9. The summed E-state index contributed by atoms with van der Waals surface area (Å²) in [6.07, 6.45) is 0.998. The van der Waals surface area contributed by atoms with Crippen LogP contribution in [0.1, 0.15) is 60.3 Å². The first kappa shape index (κ1) is 27.7. The fraction of sp³-hybridized carbons (Fsp3) is 0.630. The van der Waals surface area contributed by atoms with E-state index in [1.165, 1.54) is 25.2 Å². The predicted octanol–water partition coefficient (Wildman–Crippen LogP) is 2.43. The van der Waals surface area contributed by atoms with Crippen molar-refractivity contribution in [3.8, 4) is 0 Å². The van der Waals surface area contributed by atoms with Crippen LogP contribution >= 0.6 is 0 Å². The molecule has 0 radical (unpaired) electrons. The summed E-state index contributed by atoms with van der Waals surface area (Å²) in [6.45, 7) is 6.28. The quantitative estimate of drug-likeness (QED) is 0.316. The van der Waals surface area contributed by atoms with E-state index < -0.39 is 82.2 Å². The van der Waals surface area contributed by atoms with Crippen molar-refractivity contribution in [2.45, 2.75) is 83.8 Å². The number of ketones is 2. The van der Waals surface area contributed by atoms with Crippen LogP contribution in [0.5, 0.6) is 0 Å². The normalized spacial score (nSPS) is 41.1. The first-order valence-corrected chi connectivity index (χ1v) is 12.5. The highest BCUT2D eigenvalue weighted by Gasteiger charge is 2.80. The van der Waals surface area contributed by atoms with E-state index in [-0.39, 0.29) is 18.6 Å². The lowest BCUT2D eigenvalue weighted by molar-refractivity contribution is -0.238. The third-order valence-corrected chi connectivity index (χ3v) is 9.23. The van der Waals surface area contributed by atoms with Crippen LogP contribution in [0.4, 0.5) is 4.39 Å². The minimum atomic E-state index is -2.49. The number of allylic oxidation sites excluding steroid dienone is 4. The summed E-state index contributed by atoms with van der Waals surface area (Å²) < 4.78 is 34.4. The lowest BCUT2D eigenvalue weighted by Crippen LogP contribution is -2.71. The molecular weight excluding hydrogens is 503 g/mol. The summed E-state index contributed by atoms with van der Waals surface area (Å²) in [4.78, 5) is 74.3. The Labute approximate surface area is 218 Å². The Morgan fingerprint density at radius 3 is 2.13 bits per heavy atom. The fourth-order valence-electron chi connectivity index (χ4n) is 7.83. The molecule has 3 fully saturated rings. The van der Waals surface area contributed by atoms with Crippen molar-refractivity contribution in [3.05, 3.63) is 23.8 Å². The number of rotatable bonds is 5. The molecule has 0 bridgehead atoms. The molecule has 8 atom stereocenters. The molecule has 206 valence electrons. The molecule has 0 saturated heterocycles. The molecule has 0 amide bonds. The SMILES string of the molecule is CC(=O)O[C@H]1C[C@@]2(C)[C@@H](C[C@@H](OC(C)=O)[C@]2(OC(C)=O)C(=O)C(=O)O)[C@@H]2CCC3=CC(=O)C=C[C@]3(C)C12F. The van der Waals surface area contributed by atoms with Crippen LogP contribution in [0.15, 0.2) is 23.8 Å². The second-order valence-electron chi connectivity index (χ2n) is 11.1. The van der Waals surface area contributed by atoms with Crippen molar-refractivity contribution in [1.82, 2.24) is 0 Å². The highest BCUT2D eigenvalue weighted by molar-refractivity contribution is 6.37. The number of Topliss-reactive ketones (excluding diaryl/α,β-unsaturated/α-hetero) is 1. The first-order chi connectivity index (χ1) is 17.5. The Hall–Kier alpha value is -3.37. The zero-order valence-electron chi connectivity index (χ0n) is 21.9. The maximum absolute atomic E-state index is 17.9. The largest absolute Gasteiger partial charge is 0.475 e. The minimum Gasteiger partial charge on any atom is -0.475 e. The number of hydrogen-bond donors (Lipinski definition) is 1. The molecule has 4 aliphatic carbocycles. The summed E-state index contributed by atoms with van der Waals surface area (Å²) in [5.74, 6) is -8.12. The van der Waals surface area contributed by atoms with E-state index in [9.17, 15) is 33.9 Å². The Morgan fingerprint density at radius 1 is 0.974 bits per heavy atom. The number of alkyl halides is 1. The van der Waals surface area contributed by atoms with E-state index in [2.05, 4.69) is 0 Å². The molecule has 4 aliphatic rings. The number of esters is 3. The summed E-state index contributed by atoms with van der Waals surface area (Å²) in [7, 11) is 0. The fourth-order valence-corrected chi connectivity index (χ4v) is 7.83. The molecule has 0 aromatic heterocycles. The molecule has 0 aliphatic heterocycles. The number of carbonyl (C=O) groups excluding carboxylic acids is 5. The standard InChI is InChI=1S/C27H31FO10/c1-13(29)36-20-11-19-18-7-6-16-10-17(32)8-9-24(16,4)26(18,28)21(37-14(2)30)12-25(19,5)27(20,38-15(3)31)22(33)23(34)35/h8-10,18-21H,6-7,11-12H2,1-5H3,(H,34,35)/t18-,19-,20+,21-,24-,25-,26?,27-/m0/s1. The molecule has 0 aromatic rings. The van der Waals surface area contributed by atoms with Gasteiger partial charge in [0.2, 0.25) is 5.60 Å². The Kier molecular flexibility index (Phi) is 6.44. The molecule has 0 spiro atoms. The lowest BCUT2D eigenvalue weighted by atomic mass is 9.44. The van der Waals surface area contributed by atoms with Gasteiger partial charge < -0.3 is 19.3 Å². The van der Waals surface area contributed by atoms with Crippen LogP contribution in [0.2, 0.25) is 0 Å². The maximum Gasteiger partial charge on any atom is 0.376 e. The van der Waals surface area contributed by atoms with Gasteiger partial charge in [-0.2, -0.15) is 0 Å². The third-order valence-electron chi connectivity index (χ3n) is 9.23. The van der Waals surface area contributed by atoms with Gasteiger partial charge in [-0.1, -0.05) is 18.6 Å². The average Bonchev–Trinajstić information content (AvgIpc) is 3.01. The van der Waals surface area contributed by atoms with E-state index in [4.69, 9.17) is 14.2 Å². The predicted molar refractivity (Wildman–Crippen MR) is 126 cm³/mol. The van der Waals surface area contributed by atoms with Crippen molar-refractivity contribution in [1.29, 1.82) is 0 Å². The van der Waals surface area contributed by atoms with Crippen LogP contribution in [0.3, 0.4) is 0 Å². The first-order valence-electron chi connectivity index (χ1n) is 12.5. The molecule has 10 nitrogen and oxygen atoms in total. The van der Waals surface area contributed by atoms with Crippen molar-refractivity contribution >= 4 is 35.4 Å². The number of fused-ring (bicyclic) bond motifs is 5. The third kappa shape index (κ3) is 3.57. The van der Waals surface area contributed by atoms with Crippen LogP contribution in [0.25, 0.3) is 0 Å². The van der Waals surface area contributed by atoms with Gasteiger partial charge in [0.05, 0.1) is 0 Å². The van der Waals surface area contributed by atoms with Gasteiger partial charge in [0.15, 0.2) is 17.6 Å². The summed E-state index contributed by atoms with van der Waals surface area (Å²) in [6, 6.07) is 0. The number of aliphatic carboxylic acids is 1. The van der Waals surface area contributed by atoms with Gasteiger partial charge >= 0.3 is 23.9 Å². The topological polar surface area (TPSA) is 150 Å². The van der Waals surface area contributed by atoms with E-state index >= 15 is 4.39 Å². The van der Waals surface area contributed by atoms with Crippen LogP contribution in [-0.4, -0.2) is 64.0 Å². The van der Waals surface area contributed by atoms with Crippen LogP contribution in [-0.2, 0) is 43.0 Å². The van der Waals surface area contributed by atoms with Crippen molar-refractivity contribution < 1.29 is 52.5 Å². The van der Waals surface area contributed by atoms with Gasteiger partial charge in [-0.3, -0.25) is 24.0 Å². The van der Waals surface area contributed by atoms with Crippen LogP contribution in [0, 0.1) is 22.7 Å². The van der Waals surface area contributed by atoms with Gasteiger partial charge in [0, 0.05) is 37.5 Å². The second kappa shape index (κ2) is 8.84. The van der Waals surface area contributed by atoms with Crippen molar-refractivity contribution in [2.24, 2.45) is 22.7 Å². The number of carboxylic acids is 1. The molecule has 1 unspecified atom stereocenters. The Balaban J connectivity index is 1.98. The molecule has 0 aromatic carbocycles. The number of carboxylic acid groups (broad SMARTS) is 1. The molecule has 11 heteroatoms. The lowest BCUT2D eigenvalue weighted by Gasteiger charge is -2.62. The molecule has 4 rings (SSSR count). The van der Waals surface area contributed by atoms with Crippen molar-refractivity contribution in [3.63, 3.8) is 0 Å². The van der Waals surface area contributed by atoms with E-state index in [1.54, 1.807) is 6.92 Å². The second-order valence-corrected chi connectivity index (χ2v) is 11.1. The van der Waals surface area contributed by atoms with Gasteiger partial charge in [0.25, 0.3) is 5.78 Å². The zero-order valence-corrected chi connectivity index (χ0v) is 21.9. The molecule has 3 saturated carbocycles. The highest BCUT2D eigenvalue weighted by atomic mass is 19.1. The maximum atomic E-state index is 17.9. The van der Waals surface area contributed by atoms with Gasteiger partial charge in [-0.25, -0.2) is 9.18 Å². The van der Waals surface area contributed by atoms with E-state index in [0.717, 1.165) is 20.8 Å². The molecule has 38 heavy (non-hydrogen) atoms. The zero-order chi connectivity index (χ0) is 28.4. The number of ether oxygens (including phenoxy) is 3. The summed E-state index contributed by atoms with van der Waals surface area (Å²) in [5, 5.41) is 9.80. The van der Waals surface area contributed by atoms with Gasteiger partial charge in [-0.15, -0.1) is 0 Å². The van der Waals surface area contributed by atoms with E-state index in [1.807, 2.05) is 0 Å². The average molecular weight is 535 g/mol. The molecular formula is C27H31FO10. The summed E-state index contributed by atoms with van der Waals surface area (Å²) >= 11 is 0. The van der Waals surface area contributed by atoms with Gasteiger partial charge in [-0.05, 0) is 50.7 Å². The van der Waals surface area contributed by atoms with Gasteiger partial charge in [0.1, 0.15) is 6.10 Å². The minimum absolute atomic E-state index is 0.163. The molecule has 0 heterocycles.